The maximum Gasteiger partial charge on any atom is 0.0897 e. The van der Waals surface area contributed by atoms with Crippen LogP contribution < -0.4 is 11.3 Å². The molecule has 0 spiro atoms. The predicted octanol–water partition coefficient (Wildman–Crippen LogP) is 1.65. The van der Waals surface area contributed by atoms with Gasteiger partial charge in [0.05, 0.1) is 23.9 Å². The second kappa shape index (κ2) is 4.74. The molecule has 0 radical (unpaired) electrons. The number of thiazole rings is 1. The molecule has 0 saturated heterocycles. The molecule has 5 heteroatoms. The molecule has 0 bridgehead atoms. The van der Waals surface area contributed by atoms with Gasteiger partial charge in [0.1, 0.15) is 0 Å². The van der Waals surface area contributed by atoms with E-state index in [2.05, 4.69) is 10.4 Å². The van der Waals surface area contributed by atoms with Crippen molar-refractivity contribution in [3.05, 3.63) is 27.9 Å². The average molecular weight is 225 g/mol. The van der Waals surface area contributed by atoms with Crippen LogP contribution in [-0.4, -0.2) is 11.6 Å². The van der Waals surface area contributed by atoms with Crippen molar-refractivity contribution < 1.29 is 4.74 Å². The van der Waals surface area contributed by atoms with Gasteiger partial charge in [-0.3, -0.25) is 5.84 Å². The zero-order valence-electron chi connectivity index (χ0n) is 8.69. The summed E-state index contributed by atoms with van der Waals surface area (Å²) in [6.07, 6.45) is 5.79. The minimum atomic E-state index is 0.0523. The molecule has 3 N–H and O–H groups in total. The van der Waals surface area contributed by atoms with Gasteiger partial charge in [0, 0.05) is 11.1 Å². The van der Waals surface area contributed by atoms with E-state index in [4.69, 9.17) is 10.6 Å². The Hall–Kier alpha value is -0.910. The molecule has 1 atom stereocenters. The van der Waals surface area contributed by atoms with E-state index in [1.807, 2.05) is 19.4 Å². The van der Waals surface area contributed by atoms with Gasteiger partial charge in [-0.15, -0.1) is 11.3 Å². The topological polar surface area (TPSA) is 60.2 Å². The molecule has 4 nitrogen and oxygen atoms in total. The molecule has 1 aromatic heterocycles. The molecule has 0 aliphatic carbocycles. The summed E-state index contributed by atoms with van der Waals surface area (Å²) in [4.78, 5) is 5.38. The lowest BCUT2D eigenvalue weighted by Gasteiger charge is -2.21. The molecule has 82 valence electrons. The Morgan fingerprint density at radius 1 is 1.67 bits per heavy atom. The Bertz CT molecular complexity index is 361. The van der Waals surface area contributed by atoms with Crippen LogP contribution in [0.25, 0.3) is 0 Å². The highest BCUT2D eigenvalue weighted by atomic mass is 32.1. The highest BCUT2D eigenvalue weighted by Crippen LogP contribution is 2.30. The molecule has 1 aliphatic rings. The third-order valence-corrected chi connectivity index (χ3v) is 3.40. The van der Waals surface area contributed by atoms with Crippen LogP contribution in [-0.2, 0) is 4.74 Å². The smallest absolute Gasteiger partial charge is 0.0897 e. The second-order valence-corrected chi connectivity index (χ2v) is 4.81. The SMILES string of the molecule is Cc1ncc(C(NN)C2=COCCC2)s1. The van der Waals surface area contributed by atoms with Crippen molar-refractivity contribution in [1.82, 2.24) is 10.4 Å². The number of nitrogens with zero attached hydrogens (tertiary/aromatic N) is 1. The van der Waals surface area contributed by atoms with Crippen molar-refractivity contribution in [2.45, 2.75) is 25.8 Å². The van der Waals surface area contributed by atoms with Crippen LogP contribution in [0, 0.1) is 6.92 Å². The molecule has 0 saturated carbocycles. The van der Waals surface area contributed by atoms with Crippen LogP contribution in [0.4, 0.5) is 0 Å². The van der Waals surface area contributed by atoms with Gasteiger partial charge in [-0.2, -0.15) is 0 Å². The summed E-state index contributed by atoms with van der Waals surface area (Å²) in [5.41, 5.74) is 4.02. The molecule has 1 unspecified atom stereocenters. The zero-order valence-corrected chi connectivity index (χ0v) is 9.51. The van der Waals surface area contributed by atoms with E-state index in [0.717, 1.165) is 29.3 Å². The fourth-order valence-corrected chi connectivity index (χ4v) is 2.57. The van der Waals surface area contributed by atoms with E-state index < -0.39 is 0 Å². The van der Waals surface area contributed by atoms with E-state index in [1.54, 1.807) is 11.3 Å². The summed E-state index contributed by atoms with van der Waals surface area (Å²) in [5, 5.41) is 1.06. The lowest BCUT2D eigenvalue weighted by Crippen LogP contribution is -2.29. The van der Waals surface area contributed by atoms with E-state index in [1.165, 1.54) is 5.57 Å². The first-order chi connectivity index (χ1) is 7.31. The van der Waals surface area contributed by atoms with Crippen LogP contribution in [0.15, 0.2) is 18.0 Å². The summed E-state index contributed by atoms with van der Waals surface area (Å²) in [7, 11) is 0. The lowest BCUT2D eigenvalue weighted by atomic mass is 10.0. The van der Waals surface area contributed by atoms with E-state index in [-0.39, 0.29) is 6.04 Å². The molecule has 0 aromatic carbocycles. The first-order valence-corrected chi connectivity index (χ1v) is 5.82. The number of rotatable bonds is 3. The zero-order chi connectivity index (χ0) is 10.7. The minimum absolute atomic E-state index is 0.0523. The molecule has 0 fully saturated rings. The highest BCUT2D eigenvalue weighted by Gasteiger charge is 2.19. The molecule has 2 heterocycles. The van der Waals surface area contributed by atoms with Crippen LogP contribution in [0.3, 0.4) is 0 Å². The van der Waals surface area contributed by atoms with Crippen molar-refractivity contribution >= 4 is 11.3 Å². The Balaban J connectivity index is 2.19. The normalized spacial score (nSPS) is 18.1. The first kappa shape index (κ1) is 10.6. The number of hydrogen-bond acceptors (Lipinski definition) is 5. The number of aryl methyl sites for hydroxylation is 1. The molecular weight excluding hydrogens is 210 g/mol. The van der Waals surface area contributed by atoms with Crippen LogP contribution in [0.2, 0.25) is 0 Å². The molecule has 15 heavy (non-hydrogen) atoms. The number of nitrogens with two attached hydrogens (primary N) is 1. The van der Waals surface area contributed by atoms with Gasteiger partial charge in [-0.25, -0.2) is 10.4 Å². The van der Waals surface area contributed by atoms with Gasteiger partial charge in [0.2, 0.25) is 0 Å². The van der Waals surface area contributed by atoms with E-state index in [9.17, 15) is 0 Å². The van der Waals surface area contributed by atoms with Crippen LogP contribution in [0.1, 0.15) is 28.8 Å². The predicted molar refractivity (Wildman–Crippen MR) is 60.2 cm³/mol. The monoisotopic (exact) mass is 225 g/mol. The molecule has 2 rings (SSSR count). The third kappa shape index (κ3) is 2.37. The summed E-state index contributed by atoms with van der Waals surface area (Å²) < 4.78 is 5.32. The fourth-order valence-electron chi connectivity index (χ4n) is 1.68. The van der Waals surface area contributed by atoms with Crippen molar-refractivity contribution in [3.8, 4) is 0 Å². The number of ether oxygens (including phenoxy) is 1. The number of nitrogens with one attached hydrogen (secondary N) is 1. The minimum Gasteiger partial charge on any atom is -0.501 e. The molecule has 1 aromatic rings. The third-order valence-electron chi connectivity index (χ3n) is 2.42. The Morgan fingerprint density at radius 2 is 2.53 bits per heavy atom. The van der Waals surface area contributed by atoms with Crippen LogP contribution >= 0.6 is 11.3 Å². The van der Waals surface area contributed by atoms with E-state index >= 15 is 0 Å². The molecule has 0 amide bonds. The standard InChI is InChI=1S/C10H15N3OS/c1-7-12-5-9(15-7)10(13-11)8-3-2-4-14-6-8/h5-6,10,13H,2-4,11H2,1H3. The Morgan fingerprint density at radius 3 is 3.07 bits per heavy atom. The second-order valence-electron chi connectivity index (χ2n) is 3.55. The Kier molecular flexibility index (Phi) is 3.35. The number of hydrogen-bond donors (Lipinski definition) is 2. The van der Waals surface area contributed by atoms with Gasteiger partial charge < -0.3 is 4.74 Å². The highest BCUT2D eigenvalue weighted by molar-refractivity contribution is 7.11. The summed E-state index contributed by atoms with van der Waals surface area (Å²) >= 11 is 1.66. The quantitative estimate of drug-likeness (QED) is 0.606. The molecule has 1 aliphatic heterocycles. The maximum absolute atomic E-state index is 5.58. The van der Waals surface area contributed by atoms with Crippen molar-refractivity contribution in [3.63, 3.8) is 0 Å². The number of hydrazine groups is 1. The van der Waals surface area contributed by atoms with Gasteiger partial charge in [-0.1, -0.05) is 0 Å². The van der Waals surface area contributed by atoms with Crippen molar-refractivity contribution in [1.29, 1.82) is 0 Å². The fraction of sp³-hybridized carbons (Fsp3) is 0.500. The van der Waals surface area contributed by atoms with Gasteiger partial charge >= 0.3 is 0 Å². The number of aromatic nitrogens is 1. The van der Waals surface area contributed by atoms with E-state index in [0.29, 0.717) is 0 Å². The van der Waals surface area contributed by atoms with Crippen molar-refractivity contribution in [2.24, 2.45) is 5.84 Å². The summed E-state index contributed by atoms with van der Waals surface area (Å²) in [6, 6.07) is 0.0523. The van der Waals surface area contributed by atoms with Crippen molar-refractivity contribution in [2.75, 3.05) is 6.61 Å². The Labute approximate surface area is 93.1 Å². The largest absolute Gasteiger partial charge is 0.501 e. The lowest BCUT2D eigenvalue weighted by molar-refractivity contribution is 0.219. The van der Waals surface area contributed by atoms with Gasteiger partial charge in [0.25, 0.3) is 0 Å². The summed E-state index contributed by atoms with van der Waals surface area (Å²) in [5.74, 6) is 5.58. The first-order valence-electron chi connectivity index (χ1n) is 5.00. The van der Waals surface area contributed by atoms with Crippen LogP contribution in [0.5, 0.6) is 0 Å². The summed E-state index contributed by atoms with van der Waals surface area (Å²) in [6.45, 7) is 2.80. The van der Waals surface area contributed by atoms with Gasteiger partial charge in [0.15, 0.2) is 0 Å². The maximum atomic E-state index is 5.58. The van der Waals surface area contributed by atoms with Gasteiger partial charge in [-0.05, 0) is 25.3 Å². The molecular formula is C10H15N3OS. The average Bonchev–Trinajstić information content (AvgIpc) is 2.68.